The first-order valence-corrected chi connectivity index (χ1v) is 6.19. The van der Waals surface area contributed by atoms with Crippen LogP contribution in [0.15, 0.2) is 24.3 Å². The average Bonchev–Trinajstić information content (AvgIpc) is 2.39. The summed E-state index contributed by atoms with van der Waals surface area (Å²) in [6, 6.07) is 6.05. The molecule has 0 unspecified atom stereocenters. The minimum Gasteiger partial charge on any atom is -0.481 e. The zero-order valence-corrected chi connectivity index (χ0v) is 10.0. The average molecular weight is 254 g/mol. The van der Waals surface area contributed by atoms with Crippen LogP contribution in [0.3, 0.4) is 0 Å². The van der Waals surface area contributed by atoms with Crippen LogP contribution in [0.4, 0.5) is 8.78 Å². The lowest BCUT2D eigenvalue weighted by Crippen LogP contribution is -2.38. The highest BCUT2D eigenvalue weighted by Crippen LogP contribution is 2.43. The summed E-state index contributed by atoms with van der Waals surface area (Å²) in [6.45, 7) is 0. The maximum Gasteiger partial charge on any atom is 0.314 e. The van der Waals surface area contributed by atoms with Crippen LogP contribution < -0.4 is 0 Å². The number of aliphatic carboxylic acids is 1. The van der Waals surface area contributed by atoms with E-state index in [1.807, 2.05) is 0 Å². The fourth-order valence-corrected chi connectivity index (χ4v) is 2.88. The van der Waals surface area contributed by atoms with Crippen LogP contribution in [0.5, 0.6) is 0 Å². The smallest absolute Gasteiger partial charge is 0.314 e. The van der Waals surface area contributed by atoms with Gasteiger partial charge in [-0.3, -0.25) is 4.79 Å². The van der Waals surface area contributed by atoms with Crippen molar-refractivity contribution in [2.24, 2.45) is 0 Å². The first-order valence-electron chi connectivity index (χ1n) is 6.19. The van der Waals surface area contributed by atoms with Crippen molar-refractivity contribution >= 4 is 5.97 Å². The van der Waals surface area contributed by atoms with E-state index in [1.165, 1.54) is 12.1 Å². The number of halogens is 2. The van der Waals surface area contributed by atoms with Gasteiger partial charge in [-0.25, -0.2) is 8.78 Å². The number of hydrogen-bond acceptors (Lipinski definition) is 1. The highest BCUT2D eigenvalue weighted by Gasteiger charge is 2.43. The number of alkyl halides is 2. The van der Waals surface area contributed by atoms with E-state index in [1.54, 1.807) is 12.1 Å². The molecule has 0 amide bonds. The summed E-state index contributed by atoms with van der Waals surface area (Å²) >= 11 is 0. The summed E-state index contributed by atoms with van der Waals surface area (Å²) in [5.41, 5.74) is -0.959. The van der Waals surface area contributed by atoms with Gasteiger partial charge in [-0.1, -0.05) is 43.5 Å². The predicted octanol–water partition coefficient (Wildman–Crippen LogP) is 3.91. The molecule has 0 radical (unpaired) electrons. The molecular formula is C14H16F2O2. The SMILES string of the molecule is O=C(O)C1(c2ccccc2C(F)F)CCCCC1. The van der Waals surface area contributed by atoms with Gasteiger partial charge >= 0.3 is 5.97 Å². The van der Waals surface area contributed by atoms with Gasteiger partial charge in [-0.15, -0.1) is 0 Å². The molecule has 1 N–H and O–H groups in total. The fraction of sp³-hybridized carbons (Fsp3) is 0.500. The first kappa shape index (κ1) is 13.0. The van der Waals surface area contributed by atoms with Crippen molar-refractivity contribution in [3.05, 3.63) is 35.4 Å². The Hall–Kier alpha value is -1.45. The van der Waals surface area contributed by atoms with Gasteiger partial charge in [0.2, 0.25) is 0 Å². The molecule has 1 aliphatic rings. The van der Waals surface area contributed by atoms with E-state index in [0.717, 1.165) is 19.3 Å². The van der Waals surface area contributed by atoms with E-state index in [0.29, 0.717) is 18.4 Å². The van der Waals surface area contributed by atoms with Gasteiger partial charge in [0.25, 0.3) is 6.43 Å². The van der Waals surface area contributed by atoms with Crippen LogP contribution in [-0.4, -0.2) is 11.1 Å². The Labute approximate surface area is 105 Å². The van der Waals surface area contributed by atoms with Crippen molar-refractivity contribution in [1.29, 1.82) is 0 Å². The third-order valence-electron chi connectivity index (χ3n) is 3.83. The van der Waals surface area contributed by atoms with Crippen LogP contribution in [0.25, 0.3) is 0 Å². The van der Waals surface area contributed by atoms with E-state index in [4.69, 9.17) is 0 Å². The largest absolute Gasteiger partial charge is 0.481 e. The van der Waals surface area contributed by atoms with E-state index >= 15 is 0 Å². The molecule has 0 aromatic heterocycles. The second-order valence-corrected chi connectivity index (χ2v) is 4.84. The van der Waals surface area contributed by atoms with Crippen molar-refractivity contribution in [1.82, 2.24) is 0 Å². The maximum absolute atomic E-state index is 13.0. The van der Waals surface area contributed by atoms with Crippen molar-refractivity contribution in [2.75, 3.05) is 0 Å². The molecule has 0 aliphatic heterocycles. The fourth-order valence-electron chi connectivity index (χ4n) is 2.88. The van der Waals surface area contributed by atoms with Gasteiger partial charge in [0.05, 0.1) is 5.41 Å². The molecule has 18 heavy (non-hydrogen) atoms. The van der Waals surface area contributed by atoms with Gasteiger partial charge in [0, 0.05) is 5.56 Å². The summed E-state index contributed by atoms with van der Waals surface area (Å²) in [7, 11) is 0. The Balaban J connectivity index is 2.52. The van der Waals surface area contributed by atoms with Crippen molar-refractivity contribution in [2.45, 2.75) is 43.9 Å². The minimum absolute atomic E-state index is 0.137. The molecule has 98 valence electrons. The Morgan fingerprint density at radius 3 is 2.33 bits per heavy atom. The zero-order valence-electron chi connectivity index (χ0n) is 10.0. The monoisotopic (exact) mass is 254 g/mol. The summed E-state index contributed by atoms with van der Waals surface area (Å²) in [5, 5.41) is 9.50. The number of hydrogen-bond donors (Lipinski definition) is 1. The van der Waals surface area contributed by atoms with E-state index in [-0.39, 0.29) is 5.56 Å². The number of carboxylic acids is 1. The second kappa shape index (κ2) is 5.04. The molecule has 0 heterocycles. The van der Waals surface area contributed by atoms with Gasteiger partial charge < -0.3 is 5.11 Å². The van der Waals surface area contributed by atoms with E-state index < -0.39 is 17.8 Å². The molecular weight excluding hydrogens is 238 g/mol. The zero-order chi connectivity index (χ0) is 13.2. The Bertz CT molecular complexity index is 437. The van der Waals surface area contributed by atoms with E-state index in [9.17, 15) is 18.7 Å². The molecule has 0 bridgehead atoms. The lowest BCUT2D eigenvalue weighted by Gasteiger charge is -2.35. The highest BCUT2D eigenvalue weighted by molar-refractivity contribution is 5.82. The number of rotatable bonds is 3. The minimum atomic E-state index is -2.63. The van der Waals surface area contributed by atoms with Gasteiger partial charge in [0.15, 0.2) is 0 Å². The molecule has 1 aromatic carbocycles. The third kappa shape index (κ3) is 2.11. The molecule has 1 aliphatic carbocycles. The molecule has 0 atom stereocenters. The molecule has 2 nitrogen and oxygen atoms in total. The Kier molecular flexibility index (Phi) is 3.64. The van der Waals surface area contributed by atoms with Crippen LogP contribution in [0.2, 0.25) is 0 Å². The molecule has 1 saturated carbocycles. The Morgan fingerprint density at radius 1 is 1.17 bits per heavy atom. The molecule has 1 aromatic rings. The molecule has 4 heteroatoms. The lowest BCUT2D eigenvalue weighted by atomic mass is 9.68. The first-order chi connectivity index (χ1) is 8.58. The standard InChI is InChI=1S/C14H16F2O2/c15-12(16)10-6-2-3-7-11(10)14(13(17)18)8-4-1-5-9-14/h2-3,6-7,12H,1,4-5,8-9H2,(H,17,18). The van der Waals surface area contributed by atoms with Gasteiger partial charge in [-0.2, -0.15) is 0 Å². The number of carboxylic acid groups (broad SMARTS) is 1. The third-order valence-corrected chi connectivity index (χ3v) is 3.83. The summed E-state index contributed by atoms with van der Waals surface area (Å²) in [5.74, 6) is -0.977. The maximum atomic E-state index is 13.0. The second-order valence-electron chi connectivity index (χ2n) is 4.84. The van der Waals surface area contributed by atoms with Crippen molar-refractivity contribution < 1.29 is 18.7 Å². The number of carbonyl (C=O) groups is 1. The topological polar surface area (TPSA) is 37.3 Å². The van der Waals surface area contributed by atoms with Crippen molar-refractivity contribution in [3.8, 4) is 0 Å². The predicted molar refractivity (Wildman–Crippen MR) is 63.8 cm³/mol. The normalized spacial score (nSPS) is 18.8. The van der Waals surface area contributed by atoms with Gasteiger partial charge in [0.1, 0.15) is 0 Å². The van der Waals surface area contributed by atoms with Crippen LogP contribution in [0, 0.1) is 0 Å². The van der Waals surface area contributed by atoms with Gasteiger partial charge in [-0.05, 0) is 18.4 Å². The molecule has 2 rings (SSSR count). The Morgan fingerprint density at radius 2 is 1.78 bits per heavy atom. The van der Waals surface area contributed by atoms with Crippen LogP contribution >= 0.6 is 0 Å². The van der Waals surface area contributed by atoms with Crippen molar-refractivity contribution in [3.63, 3.8) is 0 Å². The summed E-state index contributed by atoms with van der Waals surface area (Å²) < 4.78 is 26.0. The summed E-state index contributed by atoms with van der Waals surface area (Å²) in [6.07, 6.45) is 0.817. The summed E-state index contributed by atoms with van der Waals surface area (Å²) in [4.78, 5) is 11.6. The van der Waals surface area contributed by atoms with E-state index in [2.05, 4.69) is 0 Å². The molecule has 1 fully saturated rings. The molecule has 0 saturated heterocycles. The number of benzene rings is 1. The highest BCUT2D eigenvalue weighted by atomic mass is 19.3. The quantitative estimate of drug-likeness (QED) is 0.887. The van der Waals surface area contributed by atoms with Crippen LogP contribution in [-0.2, 0) is 10.2 Å². The van der Waals surface area contributed by atoms with Crippen LogP contribution in [0.1, 0.15) is 49.7 Å². The lowest BCUT2D eigenvalue weighted by molar-refractivity contribution is -0.145. The molecule has 0 spiro atoms.